The smallest absolute Gasteiger partial charge is 0.362 e. The van der Waals surface area contributed by atoms with Crippen molar-refractivity contribution in [2.75, 3.05) is 0 Å². The average molecular weight is 678 g/mol. The van der Waals surface area contributed by atoms with Gasteiger partial charge in [0.1, 0.15) is 15.0 Å². The Bertz CT molecular complexity index is 2000. The van der Waals surface area contributed by atoms with E-state index in [-0.39, 0.29) is 9.82 Å². The largest absolute Gasteiger partial charge is 0.744 e. The zero-order chi connectivity index (χ0) is 33.3. The highest BCUT2D eigenvalue weighted by Crippen LogP contribution is 2.69. The van der Waals surface area contributed by atoms with Crippen LogP contribution in [0.3, 0.4) is 0 Å². The van der Waals surface area contributed by atoms with Crippen molar-refractivity contribution < 1.29 is 34.8 Å². The Morgan fingerprint density at radius 1 is 0.522 bits per heavy atom. The van der Waals surface area contributed by atoms with E-state index >= 15 is 0 Å². The number of rotatable bonds is 10. The van der Waals surface area contributed by atoms with E-state index in [2.05, 4.69) is 0 Å². The summed E-state index contributed by atoms with van der Waals surface area (Å²) in [6.07, 6.45) is 0. The van der Waals surface area contributed by atoms with Crippen molar-refractivity contribution in [2.45, 2.75) is 52.2 Å². The maximum atomic E-state index is 14.3. The van der Waals surface area contributed by atoms with Crippen molar-refractivity contribution >= 4 is 36.2 Å². The Morgan fingerprint density at radius 2 is 0.870 bits per heavy atom. The van der Waals surface area contributed by atoms with E-state index in [0.717, 1.165) is 40.5 Å². The fraction of sp³-hybridized carbons (Fsp3) is 0.118. The quantitative estimate of drug-likeness (QED) is 0.0831. The highest BCUT2D eigenvalue weighted by Gasteiger charge is 2.43. The fourth-order valence-electron chi connectivity index (χ4n) is 4.61. The van der Waals surface area contributed by atoms with Gasteiger partial charge in [0.2, 0.25) is 5.75 Å². The van der Waals surface area contributed by atoms with Crippen LogP contribution in [-0.2, 0) is 24.5 Å². The second-order valence-electron chi connectivity index (χ2n) is 10.8. The molecule has 0 unspecified atom stereocenters. The standard InChI is InChI=1S/C34H31NO8S3/c1-24-5-13-28(14-6-24)44(29-15-7-25(2)8-16-29,30-17-9-26(3)10-18-30)43-35(36)33-23-32(45(37,38)39)21-22-34(33)42-46(40,41)31-19-11-27(4)12-20-31/h5-23H,1-4H3. The molecule has 0 fully saturated rings. The number of aryl methyl sites for hydroxylation is 4. The number of benzene rings is 5. The average Bonchev–Trinajstić information content (AvgIpc) is 3.01. The van der Waals surface area contributed by atoms with Crippen LogP contribution in [0.4, 0.5) is 5.69 Å². The minimum atomic E-state index is -5.06. The molecule has 5 aromatic rings. The number of hydrogen-bond acceptors (Lipinski definition) is 8. The molecule has 0 spiro atoms. The first kappa shape index (κ1) is 32.9. The molecule has 0 saturated heterocycles. The maximum absolute atomic E-state index is 14.3. The second kappa shape index (κ2) is 12.7. The van der Waals surface area contributed by atoms with E-state index in [4.69, 9.17) is 8.47 Å². The van der Waals surface area contributed by atoms with Crippen molar-refractivity contribution in [3.8, 4) is 5.75 Å². The van der Waals surface area contributed by atoms with Gasteiger partial charge in [-0.3, -0.25) is 0 Å². The summed E-state index contributed by atoms with van der Waals surface area (Å²) in [7, 11) is -12.5. The van der Waals surface area contributed by atoms with Gasteiger partial charge in [0, 0.05) is 20.8 Å². The summed E-state index contributed by atoms with van der Waals surface area (Å²) in [5.41, 5.74) is 3.08. The third-order valence-corrected chi connectivity index (χ3v) is 12.4. The Balaban J connectivity index is 1.73. The molecule has 46 heavy (non-hydrogen) atoms. The lowest BCUT2D eigenvalue weighted by atomic mass is 10.2. The lowest BCUT2D eigenvalue weighted by Crippen LogP contribution is -2.16. The van der Waals surface area contributed by atoms with Gasteiger partial charge in [-0.15, -0.1) is 0 Å². The fourth-order valence-corrected chi connectivity index (χ4v) is 8.96. The van der Waals surface area contributed by atoms with Crippen LogP contribution in [0.5, 0.6) is 5.75 Å². The van der Waals surface area contributed by atoms with Gasteiger partial charge in [0.05, 0.1) is 20.1 Å². The van der Waals surface area contributed by atoms with E-state index in [9.17, 15) is 26.3 Å². The van der Waals surface area contributed by atoms with Crippen LogP contribution >= 0.6 is 10.3 Å². The minimum Gasteiger partial charge on any atom is -0.744 e. The predicted octanol–water partition coefficient (Wildman–Crippen LogP) is 7.83. The molecule has 238 valence electrons. The molecule has 0 N–H and O–H groups in total. The molecule has 0 atom stereocenters. The van der Waals surface area contributed by atoms with Crippen LogP contribution in [0.25, 0.3) is 0 Å². The van der Waals surface area contributed by atoms with Crippen LogP contribution in [0.2, 0.25) is 0 Å². The molecule has 0 aliphatic heterocycles. The highest BCUT2D eigenvalue weighted by molar-refractivity contribution is 8.29. The van der Waals surface area contributed by atoms with Crippen LogP contribution in [-0.4, -0.2) is 26.3 Å². The summed E-state index contributed by atoms with van der Waals surface area (Å²) >= 11 is 0. The molecule has 0 saturated carbocycles. The normalized spacial score (nSPS) is 12.4. The second-order valence-corrected chi connectivity index (χ2v) is 16.4. The molecule has 0 amide bonds. The van der Waals surface area contributed by atoms with Gasteiger partial charge in [-0.05, 0) is 88.4 Å². The summed E-state index contributed by atoms with van der Waals surface area (Å²) in [6.45, 7) is 7.56. The van der Waals surface area contributed by atoms with E-state index in [1.165, 1.54) is 12.1 Å². The molecule has 0 radical (unpaired) electrons. The van der Waals surface area contributed by atoms with Crippen molar-refractivity contribution in [3.05, 3.63) is 142 Å². The first-order valence-corrected chi connectivity index (χ1v) is 18.4. The summed E-state index contributed by atoms with van der Waals surface area (Å²) in [5.74, 6) is -0.534. The molecular weight excluding hydrogens is 647 g/mol. The number of hydrogen-bond donors (Lipinski definition) is 0. The molecule has 0 bridgehead atoms. The minimum absolute atomic E-state index is 0.0313. The summed E-state index contributed by atoms with van der Waals surface area (Å²) in [6, 6.07) is 30.7. The third-order valence-electron chi connectivity index (χ3n) is 7.16. The first-order chi connectivity index (χ1) is 21.7. The van der Waals surface area contributed by atoms with E-state index in [1.807, 2.05) is 93.6 Å². The zero-order valence-electron chi connectivity index (χ0n) is 25.4. The summed E-state index contributed by atoms with van der Waals surface area (Å²) < 4.78 is 74.4. The van der Waals surface area contributed by atoms with Crippen LogP contribution in [0.15, 0.2) is 140 Å². The van der Waals surface area contributed by atoms with Gasteiger partial charge in [0.15, 0.2) is 0 Å². The lowest BCUT2D eigenvalue weighted by Gasteiger charge is -2.34. The SMILES string of the molecule is Cc1ccc(S(O[N+](=O)c2cc(S(=O)(=O)[O-])ccc2OS(=O)(=O)c2ccc(C)cc2)(c2ccc(C)cc2)c2ccc(C)cc2)cc1. The molecule has 9 nitrogen and oxygen atoms in total. The summed E-state index contributed by atoms with van der Waals surface area (Å²) in [4.78, 5) is 15.3. The van der Waals surface area contributed by atoms with Crippen molar-refractivity contribution in [1.29, 1.82) is 0 Å². The predicted molar refractivity (Wildman–Crippen MR) is 174 cm³/mol. The van der Waals surface area contributed by atoms with Gasteiger partial charge in [-0.2, -0.15) is 12.7 Å². The molecule has 12 heteroatoms. The monoisotopic (exact) mass is 677 g/mol. The van der Waals surface area contributed by atoms with Gasteiger partial charge in [0.25, 0.3) is 4.92 Å². The Hall–Kier alpha value is -4.49. The van der Waals surface area contributed by atoms with Crippen LogP contribution in [0.1, 0.15) is 22.3 Å². The van der Waals surface area contributed by atoms with E-state index in [1.54, 1.807) is 19.1 Å². The third kappa shape index (κ3) is 6.85. The molecule has 5 rings (SSSR count). The van der Waals surface area contributed by atoms with Gasteiger partial charge < -0.3 is 8.74 Å². The van der Waals surface area contributed by atoms with Crippen LogP contribution in [0, 0.1) is 32.6 Å². The van der Waals surface area contributed by atoms with Gasteiger partial charge >= 0.3 is 15.8 Å². The van der Waals surface area contributed by atoms with Crippen molar-refractivity contribution in [2.24, 2.45) is 0 Å². The molecular formula is C34H31NO8S3. The van der Waals surface area contributed by atoms with E-state index < -0.39 is 46.9 Å². The molecule has 5 aromatic carbocycles. The zero-order valence-corrected chi connectivity index (χ0v) is 27.9. The van der Waals surface area contributed by atoms with Gasteiger partial charge in [-0.1, -0.05) is 70.8 Å². The maximum Gasteiger partial charge on any atom is 0.362 e. The van der Waals surface area contributed by atoms with Crippen molar-refractivity contribution in [1.82, 2.24) is 0 Å². The first-order valence-electron chi connectivity index (χ1n) is 14.0. The summed E-state index contributed by atoms with van der Waals surface area (Å²) in [5, 5.41) is 0. The van der Waals surface area contributed by atoms with E-state index in [0.29, 0.717) is 14.7 Å². The highest BCUT2D eigenvalue weighted by atomic mass is 32.3. The van der Waals surface area contributed by atoms with Crippen molar-refractivity contribution in [3.63, 3.8) is 0 Å². The molecule has 0 aliphatic rings. The topological polar surface area (TPSA) is 130 Å². The lowest BCUT2D eigenvalue weighted by molar-refractivity contribution is -0.697. The Kier molecular flexibility index (Phi) is 9.09. The molecule has 0 heterocycles. The number of nitrogens with zero attached hydrogens (tertiary/aromatic N) is 1. The van der Waals surface area contributed by atoms with Crippen LogP contribution < -0.4 is 4.18 Å². The Labute approximate surface area is 270 Å². The molecule has 0 aliphatic carbocycles. The molecule has 0 aromatic heterocycles. The van der Waals surface area contributed by atoms with Gasteiger partial charge in [-0.25, -0.2) is 8.42 Å². The Morgan fingerprint density at radius 3 is 1.24 bits per heavy atom.